The van der Waals surface area contributed by atoms with Crippen LogP contribution < -0.4 is 24.8 Å². The van der Waals surface area contributed by atoms with E-state index in [0.717, 1.165) is 0 Å². The molecule has 0 N–H and O–H groups in total. The van der Waals surface area contributed by atoms with Crippen LogP contribution in [0.4, 0.5) is 0 Å². The van der Waals surface area contributed by atoms with E-state index in [0.29, 0.717) is 0 Å². The Morgan fingerprint density at radius 1 is 0.625 bits per heavy atom. The largest absolute Gasteiger partial charge is 4.00 e. The van der Waals surface area contributed by atoms with Crippen molar-refractivity contribution in [2.24, 2.45) is 0 Å². The molecule has 0 bridgehead atoms. The maximum atomic E-state index is 2.89. The van der Waals surface area contributed by atoms with Crippen LogP contribution in [0.1, 0.15) is 13.8 Å². The number of halogens is 2. The fourth-order valence-corrected chi connectivity index (χ4v) is 2.25. The van der Waals surface area contributed by atoms with E-state index < -0.39 is 0 Å². The van der Waals surface area contributed by atoms with Gasteiger partial charge in [-0.1, -0.05) is 50.2 Å². The SMILES string of the molecule is CC.[Cl-].[Cl-].[Zr+4].[c-]1ccccc1.c1ccc2c(c1)[cH-]c1ccccc12. The number of hydrogen-bond donors (Lipinski definition) is 0. The summed E-state index contributed by atoms with van der Waals surface area (Å²) in [5, 5.41) is 5.39. The third-order valence-electron chi connectivity index (χ3n) is 3.13. The molecule has 0 fully saturated rings. The maximum absolute atomic E-state index is 2.89. The van der Waals surface area contributed by atoms with Crippen LogP contribution in [0.25, 0.3) is 21.5 Å². The van der Waals surface area contributed by atoms with E-state index in [1.54, 1.807) is 0 Å². The van der Waals surface area contributed by atoms with Crippen molar-refractivity contribution in [3.8, 4) is 0 Å². The molecule has 0 radical (unpaired) electrons. The molecule has 0 nitrogen and oxygen atoms in total. The molecular formula is C21H20Cl2Zr. The van der Waals surface area contributed by atoms with Gasteiger partial charge in [0.25, 0.3) is 0 Å². The van der Waals surface area contributed by atoms with Crippen molar-refractivity contribution < 1.29 is 51.0 Å². The Hall–Kier alpha value is -1.01. The van der Waals surface area contributed by atoms with E-state index in [1.807, 2.05) is 44.2 Å². The molecule has 24 heavy (non-hydrogen) atoms. The minimum Gasteiger partial charge on any atom is -1.00 e. The molecule has 4 aromatic carbocycles. The van der Waals surface area contributed by atoms with Crippen molar-refractivity contribution in [2.45, 2.75) is 13.8 Å². The summed E-state index contributed by atoms with van der Waals surface area (Å²) >= 11 is 0. The Kier molecular flexibility index (Phi) is 15.1. The van der Waals surface area contributed by atoms with Gasteiger partial charge in [-0.2, -0.15) is 36.4 Å². The zero-order chi connectivity index (χ0) is 14.9. The molecule has 4 rings (SSSR count). The van der Waals surface area contributed by atoms with E-state index in [1.165, 1.54) is 21.5 Å². The first-order chi connectivity index (χ1) is 10.4. The zero-order valence-electron chi connectivity index (χ0n) is 13.8. The Morgan fingerprint density at radius 2 is 1.04 bits per heavy atom. The van der Waals surface area contributed by atoms with E-state index in [4.69, 9.17) is 0 Å². The molecule has 0 saturated heterocycles. The van der Waals surface area contributed by atoms with Gasteiger partial charge in [-0.3, -0.25) is 0 Å². The van der Waals surface area contributed by atoms with Gasteiger partial charge in [0.15, 0.2) is 0 Å². The van der Waals surface area contributed by atoms with Crippen molar-refractivity contribution in [3.05, 3.63) is 91.0 Å². The monoisotopic (exact) mass is 432 g/mol. The third kappa shape index (κ3) is 6.85. The third-order valence-corrected chi connectivity index (χ3v) is 3.13. The van der Waals surface area contributed by atoms with Crippen LogP contribution in [0.5, 0.6) is 0 Å². The average Bonchev–Trinajstić information content (AvgIpc) is 2.97. The van der Waals surface area contributed by atoms with Gasteiger partial charge in [0.1, 0.15) is 0 Å². The smallest absolute Gasteiger partial charge is 1.00 e. The molecule has 0 aromatic heterocycles. The summed E-state index contributed by atoms with van der Waals surface area (Å²) in [6, 6.07) is 31.8. The number of hydrogen-bond acceptors (Lipinski definition) is 0. The van der Waals surface area contributed by atoms with Gasteiger partial charge in [-0.15, -0.1) is 39.7 Å². The average molecular weight is 435 g/mol. The Labute approximate surface area is 176 Å². The molecule has 0 heterocycles. The quantitative estimate of drug-likeness (QED) is 0.348. The minimum absolute atomic E-state index is 0. The fraction of sp³-hybridized carbons (Fsp3) is 0.0952. The summed E-state index contributed by atoms with van der Waals surface area (Å²) in [6.07, 6.45) is 0. The molecule has 0 aliphatic heterocycles. The van der Waals surface area contributed by atoms with Crippen LogP contribution in [0.3, 0.4) is 0 Å². The van der Waals surface area contributed by atoms with E-state index in [9.17, 15) is 0 Å². The summed E-state index contributed by atoms with van der Waals surface area (Å²) in [7, 11) is 0. The van der Waals surface area contributed by atoms with Crippen LogP contribution in [0, 0.1) is 6.07 Å². The molecule has 122 valence electrons. The van der Waals surface area contributed by atoms with Crippen molar-refractivity contribution in [3.63, 3.8) is 0 Å². The van der Waals surface area contributed by atoms with Crippen LogP contribution in [-0.2, 0) is 26.2 Å². The van der Waals surface area contributed by atoms with Crippen LogP contribution >= 0.6 is 0 Å². The Balaban J connectivity index is 0. The van der Waals surface area contributed by atoms with Gasteiger partial charge in [0, 0.05) is 0 Å². The number of benzene rings is 3. The van der Waals surface area contributed by atoms with Crippen LogP contribution in [0.2, 0.25) is 0 Å². The summed E-state index contributed by atoms with van der Waals surface area (Å²) in [6.45, 7) is 4.00. The fourth-order valence-electron chi connectivity index (χ4n) is 2.25. The van der Waals surface area contributed by atoms with E-state index >= 15 is 0 Å². The molecular weight excluding hydrogens is 414 g/mol. The minimum atomic E-state index is 0. The molecule has 4 aromatic rings. The summed E-state index contributed by atoms with van der Waals surface area (Å²) < 4.78 is 0. The molecule has 0 aliphatic carbocycles. The molecule has 3 heteroatoms. The zero-order valence-corrected chi connectivity index (χ0v) is 17.8. The molecule has 0 atom stereocenters. The summed E-state index contributed by atoms with van der Waals surface area (Å²) in [5.74, 6) is 0. The van der Waals surface area contributed by atoms with Gasteiger partial charge < -0.3 is 24.8 Å². The number of rotatable bonds is 0. The Bertz CT molecular complexity index is 702. The van der Waals surface area contributed by atoms with E-state index in [-0.39, 0.29) is 51.0 Å². The second-order valence-electron chi connectivity index (χ2n) is 4.40. The predicted octanol–water partition coefficient (Wildman–Crippen LogP) is 0.230. The molecule has 0 amide bonds. The first-order valence-corrected chi connectivity index (χ1v) is 7.39. The summed E-state index contributed by atoms with van der Waals surface area (Å²) in [4.78, 5) is 0. The first kappa shape index (κ1) is 25.2. The van der Waals surface area contributed by atoms with E-state index in [2.05, 4.69) is 60.7 Å². The van der Waals surface area contributed by atoms with Crippen LogP contribution in [0.15, 0.2) is 84.9 Å². The second-order valence-corrected chi connectivity index (χ2v) is 4.40. The molecule has 0 aliphatic rings. The molecule has 0 unspecified atom stereocenters. The maximum Gasteiger partial charge on any atom is 4.00 e. The van der Waals surface area contributed by atoms with Crippen LogP contribution in [-0.4, -0.2) is 0 Å². The standard InChI is InChI=1S/C13H9.C6H5.C2H6.2ClH.Zr/c1-3-7-12-10(5-1)9-11-6-2-4-8-13(11)12;1-2-4-6-5-3-1;1-2;;;/h1-9H;1-5H;1-2H3;2*1H;/q2*-1;;;;+4/p-2. The Morgan fingerprint density at radius 3 is 1.38 bits per heavy atom. The predicted molar refractivity (Wildman–Crippen MR) is 93.7 cm³/mol. The van der Waals surface area contributed by atoms with Gasteiger partial charge >= 0.3 is 26.2 Å². The van der Waals surface area contributed by atoms with Crippen molar-refractivity contribution >= 4 is 21.5 Å². The summed E-state index contributed by atoms with van der Waals surface area (Å²) in [5.41, 5.74) is 0. The second kappa shape index (κ2) is 14.3. The van der Waals surface area contributed by atoms with Crippen molar-refractivity contribution in [2.75, 3.05) is 0 Å². The number of fused-ring (bicyclic) bond motifs is 3. The topological polar surface area (TPSA) is 0 Å². The van der Waals surface area contributed by atoms with Gasteiger partial charge in [0.05, 0.1) is 0 Å². The molecule has 0 saturated carbocycles. The van der Waals surface area contributed by atoms with Gasteiger partial charge in [0.2, 0.25) is 0 Å². The van der Waals surface area contributed by atoms with Gasteiger partial charge in [-0.05, 0) is 0 Å². The first-order valence-electron chi connectivity index (χ1n) is 7.39. The van der Waals surface area contributed by atoms with Crippen molar-refractivity contribution in [1.29, 1.82) is 0 Å². The van der Waals surface area contributed by atoms with Crippen molar-refractivity contribution in [1.82, 2.24) is 0 Å². The normalized spacial score (nSPS) is 8.25. The molecule has 0 spiro atoms. The van der Waals surface area contributed by atoms with Gasteiger partial charge in [-0.25, -0.2) is 0 Å².